The molecule has 0 aliphatic heterocycles. The normalized spacial score (nSPS) is 11.2. The van der Waals surface area contributed by atoms with Gasteiger partial charge < -0.3 is 15.5 Å². The van der Waals surface area contributed by atoms with Crippen molar-refractivity contribution < 1.29 is 22.8 Å². The topological polar surface area (TPSA) is 134 Å². The van der Waals surface area contributed by atoms with Crippen LogP contribution in [0.1, 0.15) is 10.4 Å². The Balaban J connectivity index is 1.93. The minimum atomic E-state index is -3.68. The van der Waals surface area contributed by atoms with Crippen molar-refractivity contribution in [3.63, 3.8) is 0 Å². The van der Waals surface area contributed by atoms with Crippen molar-refractivity contribution in [1.82, 2.24) is 24.3 Å². The molecule has 11 nitrogen and oxygen atoms in total. The smallest absolute Gasteiger partial charge is 0.251 e. The number of rotatable bonds is 8. The van der Waals surface area contributed by atoms with Gasteiger partial charge in [-0.3, -0.25) is 19.1 Å². The third kappa shape index (κ3) is 5.87. The number of hydrogen-bond donors (Lipinski definition) is 2. The second kappa shape index (κ2) is 9.50. The van der Waals surface area contributed by atoms with Gasteiger partial charge in [-0.05, 0) is 18.2 Å². The standard InChI is InChI=1S/C18H24N6O5S/c1-22(2)17(26)12-24-9-8-15(21-24)20-16(25)11-19-18(27)13-6-5-7-14(10-13)30(28,29)23(3)4/h5-10H,11-12H2,1-4H3,(H,19,27)(H,20,21,25). The largest absolute Gasteiger partial charge is 0.347 e. The molecule has 0 spiro atoms. The van der Waals surface area contributed by atoms with Crippen molar-refractivity contribution >= 4 is 33.6 Å². The first-order valence-corrected chi connectivity index (χ1v) is 10.3. The molecule has 0 saturated heterocycles. The van der Waals surface area contributed by atoms with E-state index in [0.717, 1.165) is 4.31 Å². The Kier molecular flexibility index (Phi) is 7.29. The summed E-state index contributed by atoms with van der Waals surface area (Å²) in [5, 5.41) is 9.00. The monoisotopic (exact) mass is 436 g/mol. The second-order valence-corrected chi connectivity index (χ2v) is 8.88. The quantitative estimate of drug-likeness (QED) is 0.578. The summed E-state index contributed by atoms with van der Waals surface area (Å²) in [5.41, 5.74) is 0.109. The van der Waals surface area contributed by atoms with Gasteiger partial charge in [0.15, 0.2) is 5.82 Å². The van der Waals surface area contributed by atoms with Crippen LogP contribution < -0.4 is 10.6 Å². The van der Waals surface area contributed by atoms with E-state index >= 15 is 0 Å². The van der Waals surface area contributed by atoms with Gasteiger partial charge in [-0.25, -0.2) is 12.7 Å². The number of hydrogen-bond acceptors (Lipinski definition) is 6. The number of likely N-dealkylation sites (N-methyl/N-ethyl adjacent to an activating group) is 1. The lowest BCUT2D eigenvalue weighted by molar-refractivity contribution is -0.129. The lowest BCUT2D eigenvalue weighted by atomic mass is 10.2. The molecule has 0 saturated carbocycles. The third-order valence-corrected chi connectivity index (χ3v) is 5.80. The number of benzene rings is 1. The van der Waals surface area contributed by atoms with E-state index in [9.17, 15) is 22.8 Å². The van der Waals surface area contributed by atoms with E-state index in [1.165, 1.54) is 54.0 Å². The average molecular weight is 436 g/mol. The number of amides is 3. The van der Waals surface area contributed by atoms with Gasteiger partial charge in [0.05, 0.1) is 11.4 Å². The highest BCUT2D eigenvalue weighted by Crippen LogP contribution is 2.14. The Morgan fingerprint density at radius 3 is 2.43 bits per heavy atom. The lowest BCUT2D eigenvalue weighted by Gasteiger charge is -2.12. The van der Waals surface area contributed by atoms with Crippen molar-refractivity contribution in [2.24, 2.45) is 0 Å². The van der Waals surface area contributed by atoms with E-state index < -0.39 is 21.8 Å². The van der Waals surface area contributed by atoms with Crippen LogP contribution in [-0.4, -0.2) is 79.9 Å². The zero-order chi connectivity index (χ0) is 22.5. The van der Waals surface area contributed by atoms with E-state index in [1.54, 1.807) is 20.3 Å². The predicted molar refractivity (Wildman–Crippen MR) is 109 cm³/mol. The Labute approximate surface area is 174 Å². The molecule has 0 fully saturated rings. The lowest BCUT2D eigenvalue weighted by Crippen LogP contribution is -2.33. The van der Waals surface area contributed by atoms with Gasteiger partial charge in [-0.1, -0.05) is 6.07 Å². The van der Waals surface area contributed by atoms with Crippen molar-refractivity contribution in [3.05, 3.63) is 42.1 Å². The third-order valence-electron chi connectivity index (χ3n) is 3.99. The maximum absolute atomic E-state index is 12.3. The van der Waals surface area contributed by atoms with E-state index in [2.05, 4.69) is 15.7 Å². The summed E-state index contributed by atoms with van der Waals surface area (Å²) >= 11 is 0. The Bertz CT molecular complexity index is 1040. The first-order valence-electron chi connectivity index (χ1n) is 8.85. The fourth-order valence-corrected chi connectivity index (χ4v) is 3.20. The Morgan fingerprint density at radius 1 is 1.10 bits per heavy atom. The fourth-order valence-electron chi connectivity index (χ4n) is 2.25. The fraction of sp³-hybridized carbons (Fsp3) is 0.333. The Hall–Kier alpha value is -3.25. The van der Waals surface area contributed by atoms with Crippen LogP contribution in [-0.2, 0) is 26.2 Å². The van der Waals surface area contributed by atoms with Crippen LogP contribution in [0.5, 0.6) is 0 Å². The number of carbonyl (C=O) groups is 3. The van der Waals surface area contributed by atoms with Gasteiger partial charge in [0.25, 0.3) is 5.91 Å². The number of carbonyl (C=O) groups excluding carboxylic acids is 3. The molecular formula is C18H24N6O5S. The maximum atomic E-state index is 12.3. The molecule has 162 valence electrons. The number of anilines is 1. The van der Waals surface area contributed by atoms with Crippen molar-refractivity contribution in [1.29, 1.82) is 0 Å². The molecule has 0 radical (unpaired) electrons. The Morgan fingerprint density at radius 2 is 1.80 bits per heavy atom. The molecule has 3 amide bonds. The summed E-state index contributed by atoms with van der Waals surface area (Å²) in [5.74, 6) is -1.03. The molecule has 2 rings (SSSR count). The van der Waals surface area contributed by atoms with Gasteiger partial charge >= 0.3 is 0 Å². The molecule has 0 aliphatic rings. The second-order valence-electron chi connectivity index (χ2n) is 6.73. The van der Waals surface area contributed by atoms with Crippen molar-refractivity contribution in [2.75, 3.05) is 40.1 Å². The summed E-state index contributed by atoms with van der Waals surface area (Å²) in [6.07, 6.45) is 1.55. The highest BCUT2D eigenvalue weighted by Gasteiger charge is 2.19. The van der Waals surface area contributed by atoms with Crippen LogP contribution >= 0.6 is 0 Å². The van der Waals surface area contributed by atoms with Gasteiger partial charge in [0.2, 0.25) is 21.8 Å². The summed E-state index contributed by atoms with van der Waals surface area (Å²) in [6.45, 7) is -0.307. The molecule has 30 heavy (non-hydrogen) atoms. The molecule has 1 aromatic heterocycles. The van der Waals surface area contributed by atoms with E-state index in [4.69, 9.17) is 0 Å². The summed E-state index contributed by atoms with van der Waals surface area (Å²) in [4.78, 5) is 37.4. The van der Waals surface area contributed by atoms with E-state index in [-0.39, 0.29) is 35.3 Å². The number of nitrogens with one attached hydrogen (secondary N) is 2. The van der Waals surface area contributed by atoms with Crippen LogP contribution in [0.2, 0.25) is 0 Å². The van der Waals surface area contributed by atoms with Crippen molar-refractivity contribution in [2.45, 2.75) is 11.4 Å². The van der Waals surface area contributed by atoms with Crippen LogP contribution in [0.15, 0.2) is 41.4 Å². The summed E-state index contributed by atoms with van der Waals surface area (Å²) < 4.78 is 26.8. The van der Waals surface area contributed by atoms with Gasteiger partial charge in [-0.15, -0.1) is 0 Å². The van der Waals surface area contributed by atoms with Crippen LogP contribution in [0, 0.1) is 0 Å². The SMILES string of the molecule is CN(C)C(=O)Cn1ccc(NC(=O)CNC(=O)c2cccc(S(=O)(=O)N(C)C)c2)n1. The summed E-state index contributed by atoms with van der Waals surface area (Å²) in [6, 6.07) is 7.05. The predicted octanol–water partition coefficient (Wildman–Crippen LogP) is -0.410. The zero-order valence-corrected chi connectivity index (χ0v) is 17.9. The highest BCUT2D eigenvalue weighted by molar-refractivity contribution is 7.89. The molecule has 2 N–H and O–H groups in total. The molecule has 0 unspecified atom stereocenters. The minimum absolute atomic E-state index is 0.0255. The van der Waals surface area contributed by atoms with Crippen LogP contribution in [0.25, 0.3) is 0 Å². The summed E-state index contributed by atoms with van der Waals surface area (Å²) in [7, 11) is 2.36. The molecule has 0 aliphatic carbocycles. The van der Waals surface area contributed by atoms with Crippen LogP contribution in [0.4, 0.5) is 5.82 Å². The number of sulfonamides is 1. The molecule has 2 aromatic rings. The molecule has 0 atom stereocenters. The first kappa shape index (κ1) is 23.0. The van der Waals surface area contributed by atoms with Gasteiger partial charge in [0.1, 0.15) is 6.54 Å². The molecular weight excluding hydrogens is 412 g/mol. The molecule has 1 aromatic carbocycles. The average Bonchev–Trinajstić information content (AvgIpc) is 3.12. The van der Waals surface area contributed by atoms with Crippen molar-refractivity contribution in [3.8, 4) is 0 Å². The first-order chi connectivity index (χ1) is 14.0. The van der Waals surface area contributed by atoms with Gasteiger partial charge in [-0.2, -0.15) is 5.10 Å². The van der Waals surface area contributed by atoms with Gasteiger partial charge in [0, 0.05) is 46.0 Å². The van der Waals surface area contributed by atoms with E-state index in [1.807, 2.05) is 0 Å². The maximum Gasteiger partial charge on any atom is 0.251 e. The molecule has 0 bridgehead atoms. The number of nitrogens with zero attached hydrogens (tertiary/aromatic N) is 4. The van der Waals surface area contributed by atoms with Crippen LogP contribution in [0.3, 0.4) is 0 Å². The van der Waals surface area contributed by atoms with E-state index in [0.29, 0.717) is 0 Å². The molecule has 1 heterocycles. The minimum Gasteiger partial charge on any atom is -0.347 e. The number of aromatic nitrogens is 2. The zero-order valence-electron chi connectivity index (χ0n) is 17.1. The highest BCUT2D eigenvalue weighted by atomic mass is 32.2. The molecule has 12 heteroatoms.